The van der Waals surface area contributed by atoms with E-state index in [9.17, 15) is 5.11 Å². The normalized spacial score (nSPS) is 18.7. The molecule has 2 aromatic carbocycles. The van der Waals surface area contributed by atoms with Gasteiger partial charge in [0.05, 0.1) is 5.60 Å². The molecule has 4 aromatic rings. The number of fused-ring (bicyclic) bond motifs is 2. The molecule has 2 N–H and O–H groups in total. The van der Waals surface area contributed by atoms with E-state index in [4.69, 9.17) is 0 Å². The van der Waals surface area contributed by atoms with Gasteiger partial charge in [0.2, 0.25) is 0 Å². The van der Waals surface area contributed by atoms with Crippen molar-refractivity contribution in [3.8, 4) is 5.69 Å². The second-order valence-electron chi connectivity index (χ2n) is 10.3. The predicted molar refractivity (Wildman–Crippen MR) is 138 cm³/mol. The molecule has 4 heterocycles. The van der Waals surface area contributed by atoms with Crippen LogP contribution in [0.15, 0.2) is 61.3 Å². The molecule has 2 aliphatic rings. The van der Waals surface area contributed by atoms with E-state index in [0.29, 0.717) is 0 Å². The first kappa shape index (κ1) is 22.5. The lowest BCUT2D eigenvalue weighted by atomic mass is 9.89. The molecular weight excluding hydrogens is 436 g/mol. The highest BCUT2D eigenvalue weighted by Gasteiger charge is 2.34. The Morgan fingerprint density at radius 2 is 1.74 bits per heavy atom. The second-order valence-corrected chi connectivity index (χ2v) is 10.3. The summed E-state index contributed by atoms with van der Waals surface area (Å²) >= 11 is 0. The molecule has 2 aliphatic heterocycles. The van der Waals surface area contributed by atoms with E-state index in [1.165, 1.54) is 27.6 Å². The maximum absolute atomic E-state index is 11.3. The Kier molecular flexibility index (Phi) is 6.14. The third-order valence-corrected chi connectivity index (χ3v) is 7.90. The number of aromatic amines is 1. The molecule has 0 bridgehead atoms. The fourth-order valence-electron chi connectivity index (χ4n) is 5.82. The van der Waals surface area contributed by atoms with Crippen LogP contribution in [0.25, 0.3) is 16.6 Å². The van der Waals surface area contributed by atoms with Crippen molar-refractivity contribution >= 4 is 10.9 Å². The van der Waals surface area contributed by atoms with Crippen LogP contribution in [0.3, 0.4) is 0 Å². The van der Waals surface area contributed by atoms with Gasteiger partial charge in [0.1, 0.15) is 12.7 Å². The van der Waals surface area contributed by atoms with E-state index in [2.05, 4.69) is 73.6 Å². The number of hydrogen-bond donors (Lipinski definition) is 2. The van der Waals surface area contributed by atoms with E-state index in [1.54, 1.807) is 12.7 Å². The predicted octanol–water partition coefficient (Wildman–Crippen LogP) is 3.57. The van der Waals surface area contributed by atoms with Gasteiger partial charge < -0.3 is 15.0 Å². The van der Waals surface area contributed by atoms with Crippen molar-refractivity contribution in [1.82, 2.24) is 29.5 Å². The Hall–Kier alpha value is -3.00. The Balaban J connectivity index is 0.998. The zero-order valence-electron chi connectivity index (χ0n) is 20.2. The van der Waals surface area contributed by atoms with Crippen molar-refractivity contribution in [2.75, 3.05) is 32.7 Å². The molecule has 35 heavy (non-hydrogen) atoms. The minimum Gasteiger partial charge on any atom is -0.388 e. The number of nitrogens with one attached hydrogen (secondary N) is 1. The van der Waals surface area contributed by atoms with E-state index in [0.717, 1.165) is 77.1 Å². The molecule has 0 spiro atoms. The minimum absolute atomic E-state index is 0.557. The van der Waals surface area contributed by atoms with Crippen molar-refractivity contribution in [2.45, 2.75) is 44.2 Å². The molecule has 1 fully saturated rings. The molecular formula is C28H34N6O. The molecule has 6 rings (SSSR count). The number of piperidine rings is 1. The number of aromatic nitrogens is 4. The zero-order chi connectivity index (χ0) is 23.7. The summed E-state index contributed by atoms with van der Waals surface area (Å²) in [5, 5.41) is 20.4. The second kappa shape index (κ2) is 9.57. The van der Waals surface area contributed by atoms with Gasteiger partial charge in [0, 0.05) is 55.5 Å². The summed E-state index contributed by atoms with van der Waals surface area (Å²) in [5.41, 5.74) is 5.93. The fourth-order valence-corrected chi connectivity index (χ4v) is 5.82. The van der Waals surface area contributed by atoms with Crippen LogP contribution in [0, 0.1) is 0 Å². The first-order valence-electron chi connectivity index (χ1n) is 12.8. The quantitative estimate of drug-likeness (QED) is 0.432. The SMILES string of the molecule is OC1(CN2CCc3ccccc3C2)CCN(CCCc2c[nH]c3ccc(-n4cnnc4)cc23)CC1. The number of H-pyrrole nitrogens is 1. The molecule has 0 amide bonds. The summed E-state index contributed by atoms with van der Waals surface area (Å²) in [6, 6.07) is 15.2. The van der Waals surface area contributed by atoms with Gasteiger partial charge in [-0.2, -0.15) is 0 Å². The van der Waals surface area contributed by atoms with Crippen LogP contribution in [0.5, 0.6) is 0 Å². The largest absolute Gasteiger partial charge is 0.388 e. The van der Waals surface area contributed by atoms with Crippen LogP contribution in [-0.2, 0) is 19.4 Å². The molecule has 1 saturated heterocycles. The number of likely N-dealkylation sites (tertiary alicyclic amines) is 1. The number of aryl methyl sites for hydroxylation is 1. The maximum Gasteiger partial charge on any atom is 0.123 e. The lowest BCUT2D eigenvalue weighted by Crippen LogP contribution is -2.51. The van der Waals surface area contributed by atoms with Crippen LogP contribution >= 0.6 is 0 Å². The highest BCUT2D eigenvalue weighted by molar-refractivity contribution is 5.85. The first-order valence-corrected chi connectivity index (χ1v) is 12.8. The molecule has 0 radical (unpaired) electrons. The molecule has 0 unspecified atom stereocenters. The van der Waals surface area contributed by atoms with E-state index in [1.807, 2.05) is 4.57 Å². The summed E-state index contributed by atoms with van der Waals surface area (Å²) in [5.74, 6) is 0. The maximum atomic E-state index is 11.3. The van der Waals surface area contributed by atoms with Gasteiger partial charge in [0.15, 0.2) is 0 Å². The molecule has 0 saturated carbocycles. The first-order chi connectivity index (χ1) is 17.2. The highest BCUT2D eigenvalue weighted by Crippen LogP contribution is 2.27. The van der Waals surface area contributed by atoms with Crippen molar-refractivity contribution in [2.24, 2.45) is 0 Å². The highest BCUT2D eigenvalue weighted by atomic mass is 16.3. The third-order valence-electron chi connectivity index (χ3n) is 7.90. The molecule has 7 nitrogen and oxygen atoms in total. The molecule has 0 atom stereocenters. The number of rotatable bonds is 7. The van der Waals surface area contributed by atoms with Crippen LogP contribution in [0.1, 0.15) is 36.0 Å². The fraction of sp³-hybridized carbons (Fsp3) is 0.429. The number of nitrogens with zero attached hydrogens (tertiary/aromatic N) is 5. The lowest BCUT2D eigenvalue weighted by Gasteiger charge is -2.42. The topological polar surface area (TPSA) is 73.2 Å². The Morgan fingerprint density at radius 1 is 0.943 bits per heavy atom. The van der Waals surface area contributed by atoms with Crippen molar-refractivity contribution in [3.05, 3.63) is 78.0 Å². The number of hydrogen-bond acceptors (Lipinski definition) is 5. The molecule has 182 valence electrons. The monoisotopic (exact) mass is 470 g/mol. The van der Waals surface area contributed by atoms with Crippen molar-refractivity contribution in [1.29, 1.82) is 0 Å². The number of β-amino-alcohol motifs (C(OH)–C–C–N with tert-alkyl or cyclic N) is 1. The molecule has 7 heteroatoms. The van der Waals surface area contributed by atoms with Gasteiger partial charge >= 0.3 is 0 Å². The van der Waals surface area contributed by atoms with Crippen LogP contribution in [0.4, 0.5) is 0 Å². The van der Waals surface area contributed by atoms with Crippen LogP contribution in [-0.4, -0.2) is 73.0 Å². The lowest BCUT2D eigenvalue weighted by molar-refractivity contribution is -0.0478. The van der Waals surface area contributed by atoms with Crippen LogP contribution in [0.2, 0.25) is 0 Å². The third kappa shape index (κ3) is 4.89. The molecule has 2 aromatic heterocycles. The van der Waals surface area contributed by atoms with Gasteiger partial charge in [-0.1, -0.05) is 24.3 Å². The minimum atomic E-state index is -0.557. The van der Waals surface area contributed by atoms with Crippen molar-refractivity contribution in [3.63, 3.8) is 0 Å². The van der Waals surface area contributed by atoms with Gasteiger partial charge in [-0.15, -0.1) is 10.2 Å². The van der Waals surface area contributed by atoms with E-state index in [-0.39, 0.29) is 0 Å². The summed E-state index contributed by atoms with van der Waals surface area (Å²) in [6.07, 6.45) is 10.6. The van der Waals surface area contributed by atoms with Gasteiger partial charge in [-0.05, 0) is 73.5 Å². The summed E-state index contributed by atoms with van der Waals surface area (Å²) in [6.45, 7) is 5.84. The Bertz CT molecular complexity index is 1270. The summed E-state index contributed by atoms with van der Waals surface area (Å²) < 4.78 is 1.94. The number of benzene rings is 2. The summed E-state index contributed by atoms with van der Waals surface area (Å²) in [7, 11) is 0. The van der Waals surface area contributed by atoms with Crippen molar-refractivity contribution < 1.29 is 5.11 Å². The van der Waals surface area contributed by atoms with Gasteiger partial charge in [0.25, 0.3) is 0 Å². The average Bonchev–Trinajstić information content (AvgIpc) is 3.56. The smallest absolute Gasteiger partial charge is 0.123 e. The van der Waals surface area contributed by atoms with Gasteiger partial charge in [-0.3, -0.25) is 9.47 Å². The van der Waals surface area contributed by atoms with Gasteiger partial charge in [-0.25, -0.2) is 0 Å². The Morgan fingerprint density at radius 3 is 2.57 bits per heavy atom. The zero-order valence-corrected chi connectivity index (χ0v) is 20.2. The molecule has 0 aliphatic carbocycles. The average molecular weight is 471 g/mol. The standard InChI is InChI=1S/C28H34N6O/c35-28(19-33-13-9-22-4-1-2-5-24(22)18-33)10-14-32(15-11-28)12-3-6-23-17-29-27-8-7-25(16-26(23)27)34-20-30-31-21-34/h1-2,4-5,7-8,16-17,20-21,29,35H,3,6,9-15,18-19H2. The van der Waals surface area contributed by atoms with E-state index < -0.39 is 5.60 Å². The number of aliphatic hydroxyl groups is 1. The Labute approximate surface area is 206 Å². The summed E-state index contributed by atoms with van der Waals surface area (Å²) in [4.78, 5) is 8.39. The van der Waals surface area contributed by atoms with Crippen LogP contribution < -0.4 is 0 Å². The van der Waals surface area contributed by atoms with E-state index >= 15 is 0 Å².